The molecule has 0 heterocycles. The third-order valence-corrected chi connectivity index (χ3v) is 4.63. The van der Waals surface area contributed by atoms with E-state index < -0.39 is 10.8 Å². The van der Waals surface area contributed by atoms with Gasteiger partial charge in [-0.25, -0.2) is 0 Å². The van der Waals surface area contributed by atoms with Crippen LogP contribution in [0.5, 0.6) is 0 Å². The zero-order valence-corrected chi connectivity index (χ0v) is 14.2. The van der Waals surface area contributed by atoms with Gasteiger partial charge in [0, 0.05) is 42.4 Å². The minimum absolute atomic E-state index is 0.596. The lowest BCUT2D eigenvalue weighted by atomic mass is 10.2. The van der Waals surface area contributed by atoms with Gasteiger partial charge in [0.25, 0.3) is 0 Å². The molecular formula is C18H23N3OS. The van der Waals surface area contributed by atoms with Gasteiger partial charge in [0.1, 0.15) is 0 Å². The number of nitrogens with zero attached hydrogens (tertiary/aromatic N) is 1. The molecule has 0 fully saturated rings. The maximum atomic E-state index is 12.1. The third kappa shape index (κ3) is 6.65. The summed E-state index contributed by atoms with van der Waals surface area (Å²) in [4.78, 5) is 4.18. The van der Waals surface area contributed by atoms with Gasteiger partial charge in [0.05, 0.1) is 0 Å². The van der Waals surface area contributed by atoms with Crippen molar-refractivity contribution >= 4 is 16.8 Å². The SMILES string of the molecule is CN=C(NCCS(=O)Cc1ccccc1)NCc1ccccc1. The summed E-state index contributed by atoms with van der Waals surface area (Å²) in [7, 11) is 0.863. The Bertz CT molecular complexity index is 629. The van der Waals surface area contributed by atoms with Crippen LogP contribution >= 0.6 is 0 Å². The molecule has 2 rings (SSSR count). The van der Waals surface area contributed by atoms with Crippen molar-refractivity contribution in [2.75, 3.05) is 19.3 Å². The first-order valence-electron chi connectivity index (χ1n) is 7.65. The minimum Gasteiger partial charge on any atom is -0.355 e. The van der Waals surface area contributed by atoms with Crippen LogP contribution in [0.1, 0.15) is 11.1 Å². The second-order valence-electron chi connectivity index (χ2n) is 5.11. The maximum absolute atomic E-state index is 12.1. The Labute approximate surface area is 140 Å². The molecule has 1 atom stereocenters. The van der Waals surface area contributed by atoms with Crippen molar-refractivity contribution in [3.05, 3.63) is 71.8 Å². The van der Waals surface area contributed by atoms with E-state index in [4.69, 9.17) is 0 Å². The largest absolute Gasteiger partial charge is 0.355 e. The Kier molecular flexibility index (Phi) is 7.33. The summed E-state index contributed by atoms with van der Waals surface area (Å²) < 4.78 is 12.1. The Balaban J connectivity index is 1.68. The monoisotopic (exact) mass is 329 g/mol. The van der Waals surface area contributed by atoms with Gasteiger partial charge in [0.2, 0.25) is 0 Å². The summed E-state index contributed by atoms with van der Waals surface area (Å²) in [5.41, 5.74) is 2.31. The topological polar surface area (TPSA) is 53.5 Å². The normalized spacial score (nSPS) is 12.7. The summed E-state index contributed by atoms with van der Waals surface area (Å²) in [5.74, 6) is 1.92. The van der Waals surface area contributed by atoms with Gasteiger partial charge < -0.3 is 10.6 Å². The smallest absolute Gasteiger partial charge is 0.191 e. The van der Waals surface area contributed by atoms with Crippen molar-refractivity contribution < 1.29 is 4.21 Å². The Hall–Kier alpha value is -2.14. The van der Waals surface area contributed by atoms with Gasteiger partial charge in [-0.1, -0.05) is 60.7 Å². The molecule has 0 aliphatic rings. The summed E-state index contributed by atoms with van der Waals surface area (Å²) in [6, 6.07) is 20.1. The lowest BCUT2D eigenvalue weighted by Gasteiger charge is -2.11. The average Bonchev–Trinajstić information content (AvgIpc) is 2.59. The number of rotatable bonds is 7. The Morgan fingerprint density at radius 3 is 2.17 bits per heavy atom. The zero-order valence-electron chi connectivity index (χ0n) is 13.4. The fourth-order valence-corrected chi connectivity index (χ4v) is 3.16. The molecule has 0 saturated heterocycles. The maximum Gasteiger partial charge on any atom is 0.191 e. The standard InChI is InChI=1S/C18H23N3OS/c1-19-18(21-14-16-8-4-2-5-9-16)20-12-13-23(22)15-17-10-6-3-7-11-17/h2-11H,12-15H2,1H3,(H2,19,20,21). The van der Waals surface area contributed by atoms with Gasteiger partial charge in [0.15, 0.2) is 5.96 Å². The highest BCUT2D eigenvalue weighted by molar-refractivity contribution is 7.84. The number of guanidine groups is 1. The van der Waals surface area contributed by atoms with Crippen LogP contribution in [0, 0.1) is 0 Å². The molecule has 2 N–H and O–H groups in total. The lowest BCUT2D eigenvalue weighted by Crippen LogP contribution is -2.38. The molecule has 0 spiro atoms. The predicted molar refractivity (Wildman–Crippen MR) is 97.8 cm³/mol. The number of nitrogens with one attached hydrogen (secondary N) is 2. The van der Waals surface area contributed by atoms with E-state index in [1.807, 2.05) is 48.5 Å². The van der Waals surface area contributed by atoms with Crippen molar-refractivity contribution in [3.8, 4) is 0 Å². The molecule has 0 aliphatic heterocycles. The van der Waals surface area contributed by atoms with Crippen molar-refractivity contribution in [3.63, 3.8) is 0 Å². The first kappa shape index (κ1) is 17.2. The first-order valence-corrected chi connectivity index (χ1v) is 9.14. The van der Waals surface area contributed by atoms with Crippen LogP contribution in [-0.4, -0.2) is 29.5 Å². The number of hydrogen-bond acceptors (Lipinski definition) is 2. The molecular weight excluding hydrogens is 306 g/mol. The van der Waals surface area contributed by atoms with E-state index >= 15 is 0 Å². The van der Waals surface area contributed by atoms with Gasteiger partial charge in [-0.15, -0.1) is 0 Å². The molecule has 4 nitrogen and oxygen atoms in total. The van der Waals surface area contributed by atoms with Gasteiger partial charge >= 0.3 is 0 Å². The van der Waals surface area contributed by atoms with Gasteiger partial charge in [-0.2, -0.15) is 0 Å². The van der Waals surface area contributed by atoms with Crippen molar-refractivity contribution in [1.29, 1.82) is 0 Å². The molecule has 0 radical (unpaired) electrons. The summed E-state index contributed by atoms with van der Waals surface area (Å²) in [5, 5.41) is 6.45. The molecule has 1 unspecified atom stereocenters. The highest BCUT2D eigenvalue weighted by atomic mass is 32.2. The van der Waals surface area contributed by atoms with Gasteiger partial charge in [-0.05, 0) is 11.1 Å². The van der Waals surface area contributed by atoms with Crippen LogP contribution in [0.3, 0.4) is 0 Å². The van der Waals surface area contributed by atoms with Crippen LogP contribution in [0.25, 0.3) is 0 Å². The Morgan fingerprint density at radius 2 is 1.57 bits per heavy atom. The first-order chi connectivity index (χ1) is 11.3. The summed E-state index contributed by atoms with van der Waals surface area (Å²) in [6.45, 7) is 1.35. The number of benzene rings is 2. The van der Waals surface area contributed by atoms with E-state index in [-0.39, 0.29) is 0 Å². The van der Waals surface area contributed by atoms with E-state index in [2.05, 4.69) is 27.8 Å². The van der Waals surface area contributed by atoms with Crippen LogP contribution in [0.2, 0.25) is 0 Å². The fourth-order valence-electron chi connectivity index (χ4n) is 2.12. The number of aliphatic imine (C=N–C) groups is 1. The van der Waals surface area contributed by atoms with E-state index in [0.29, 0.717) is 24.6 Å². The van der Waals surface area contributed by atoms with Crippen LogP contribution in [0.15, 0.2) is 65.7 Å². The van der Waals surface area contributed by atoms with E-state index in [1.54, 1.807) is 7.05 Å². The lowest BCUT2D eigenvalue weighted by molar-refractivity contribution is 0.680. The Morgan fingerprint density at radius 1 is 0.957 bits per heavy atom. The van der Waals surface area contributed by atoms with Crippen LogP contribution < -0.4 is 10.6 Å². The molecule has 2 aromatic rings. The van der Waals surface area contributed by atoms with E-state index in [0.717, 1.165) is 11.5 Å². The van der Waals surface area contributed by atoms with Crippen LogP contribution in [0.4, 0.5) is 0 Å². The highest BCUT2D eigenvalue weighted by Gasteiger charge is 2.03. The average molecular weight is 329 g/mol. The second-order valence-corrected chi connectivity index (χ2v) is 6.69. The minimum atomic E-state index is -0.875. The summed E-state index contributed by atoms with van der Waals surface area (Å²) >= 11 is 0. The second kappa shape index (κ2) is 9.79. The molecule has 0 aliphatic carbocycles. The van der Waals surface area contributed by atoms with Gasteiger partial charge in [-0.3, -0.25) is 9.20 Å². The molecule has 122 valence electrons. The third-order valence-electron chi connectivity index (χ3n) is 3.32. The molecule has 0 amide bonds. The van der Waals surface area contributed by atoms with E-state index in [1.165, 1.54) is 5.56 Å². The molecule has 23 heavy (non-hydrogen) atoms. The van der Waals surface area contributed by atoms with E-state index in [9.17, 15) is 4.21 Å². The zero-order chi connectivity index (χ0) is 16.3. The fraction of sp³-hybridized carbons (Fsp3) is 0.278. The molecule has 2 aromatic carbocycles. The van der Waals surface area contributed by atoms with Crippen molar-refractivity contribution in [2.45, 2.75) is 12.3 Å². The molecule has 5 heteroatoms. The summed E-state index contributed by atoms with van der Waals surface area (Å²) in [6.07, 6.45) is 0. The van der Waals surface area contributed by atoms with Crippen molar-refractivity contribution in [1.82, 2.24) is 10.6 Å². The molecule has 0 saturated carbocycles. The van der Waals surface area contributed by atoms with Crippen LogP contribution in [-0.2, 0) is 23.1 Å². The van der Waals surface area contributed by atoms with Crippen molar-refractivity contribution in [2.24, 2.45) is 4.99 Å². The number of hydrogen-bond donors (Lipinski definition) is 2. The highest BCUT2D eigenvalue weighted by Crippen LogP contribution is 2.02. The molecule has 0 aromatic heterocycles. The predicted octanol–water partition coefficient (Wildman–Crippen LogP) is 2.30. The molecule has 0 bridgehead atoms. The quantitative estimate of drug-likeness (QED) is 0.605.